The first-order valence-electron chi connectivity index (χ1n) is 6.93. The predicted molar refractivity (Wildman–Crippen MR) is 82.4 cm³/mol. The number of piperidine rings is 1. The summed E-state index contributed by atoms with van der Waals surface area (Å²) in [7, 11) is -3.21. The standard InChI is InChI=1S/C12H20F2N4O2S2/c1-22(19,20)18-4-2-9(3-5-18)17(8-11(13)14)7-10-6-16-12(15)21-10/h6,9,11H,2-5,7-8H2,1H3,(H2,15,16). The Labute approximate surface area is 133 Å². The second-order valence-electron chi connectivity index (χ2n) is 5.38. The van der Waals surface area contributed by atoms with E-state index in [9.17, 15) is 17.2 Å². The van der Waals surface area contributed by atoms with Crippen LogP contribution in [0.5, 0.6) is 0 Å². The topological polar surface area (TPSA) is 79.5 Å². The number of rotatable bonds is 6. The molecule has 0 atom stereocenters. The van der Waals surface area contributed by atoms with E-state index < -0.39 is 16.4 Å². The highest BCUT2D eigenvalue weighted by molar-refractivity contribution is 7.88. The van der Waals surface area contributed by atoms with Gasteiger partial charge in [0.15, 0.2) is 5.13 Å². The number of sulfonamides is 1. The van der Waals surface area contributed by atoms with Crippen molar-refractivity contribution in [1.29, 1.82) is 0 Å². The molecule has 0 aliphatic carbocycles. The van der Waals surface area contributed by atoms with Gasteiger partial charge < -0.3 is 5.73 Å². The van der Waals surface area contributed by atoms with E-state index >= 15 is 0 Å². The van der Waals surface area contributed by atoms with Crippen molar-refractivity contribution >= 4 is 26.5 Å². The van der Waals surface area contributed by atoms with Gasteiger partial charge in [-0.05, 0) is 12.8 Å². The molecule has 2 N–H and O–H groups in total. The molecular weight excluding hydrogens is 334 g/mol. The molecule has 1 saturated heterocycles. The number of aromatic nitrogens is 1. The van der Waals surface area contributed by atoms with Crippen LogP contribution in [0.1, 0.15) is 17.7 Å². The summed E-state index contributed by atoms with van der Waals surface area (Å²) < 4.78 is 50.1. The summed E-state index contributed by atoms with van der Waals surface area (Å²) in [5.74, 6) is 0. The number of halogens is 2. The van der Waals surface area contributed by atoms with E-state index in [0.29, 0.717) is 37.6 Å². The Morgan fingerprint density at radius 2 is 2.14 bits per heavy atom. The van der Waals surface area contributed by atoms with Gasteiger partial charge in [-0.25, -0.2) is 26.5 Å². The van der Waals surface area contributed by atoms with Gasteiger partial charge in [-0.3, -0.25) is 4.90 Å². The summed E-state index contributed by atoms with van der Waals surface area (Å²) in [6.45, 7) is 0.770. The van der Waals surface area contributed by atoms with Crippen LogP contribution in [0.4, 0.5) is 13.9 Å². The van der Waals surface area contributed by atoms with Crippen LogP contribution >= 0.6 is 11.3 Å². The minimum absolute atomic E-state index is 0.0599. The van der Waals surface area contributed by atoms with Crippen LogP contribution in [-0.2, 0) is 16.6 Å². The van der Waals surface area contributed by atoms with Crippen molar-refractivity contribution < 1.29 is 17.2 Å². The molecule has 1 aliphatic heterocycles. The zero-order valence-corrected chi connectivity index (χ0v) is 13.9. The fourth-order valence-corrected chi connectivity index (χ4v) is 4.24. The normalized spacial score (nSPS) is 18.4. The second kappa shape index (κ2) is 7.16. The van der Waals surface area contributed by atoms with Gasteiger partial charge in [-0.1, -0.05) is 0 Å². The van der Waals surface area contributed by atoms with E-state index in [1.54, 1.807) is 11.1 Å². The molecule has 0 unspecified atom stereocenters. The van der Waals surface area contributed by atoms with Crippen molar-refractivity contribution in [3.63, 3.8) is 0 Å². The summed E-state index contributed by atoms with van der Waals surface area (Å²) in [5, 5.41) is 0.416. The minimum atomic E-state index is -3.21. The van der Waals surface area contributed by atoms with Gasteiger partial charge in [-0.15, -0.1) is 11.3 Å². The molecule has 2 rings (SSSR count). The van der Waals surface area contributed by atoms with E-state index in [1.807, 2.05) is 0 Å². The lowest BCUT2D eigenvalue weighted by Crippen LogP contribution is -2.47. The molecule has 1 aromatic rings. The first-order valence-corrected chi connectivity index (χ1v) is 9.59. The van der Waals surface area contributed by atoms with Crippen LogP contribution in [-0.4, -0.2) is 61.0 Å². The third-order valence-electron chi connectivity index (χ3n) is 3.71. The third-order valence-corrected chi connectivity index (χ3v) is 5.83. The molecule has 22 heavy (non-hydrogen) atoms. The van der Waals surface area contributed by atoms with Gasteiger partial charge in [0.25, 0.3) is 6.43 Å². The quantitative estimate of drug-likeness (QED) is 0.831. The lowest BCUT2D eigenvalue weighted by Gasteiger charge is -2.37. The molecule has 126 valence electrons. The van der Waals surface area contributed by atoms with E-state index in [2.05, 4.69) is 4.98 Å². The summed E-state index contributed by atoms with van der Waals surface area (Å²) in [6.07, 6.45) is 1.44. The predicted octanol–water partition coefficient (Wildman–Crippen LogP) is 1.22. The Kier molecular flexibility index (Phi) is 5.70. The first kappa shape index (κ1) is 17.5. The smallest absolute Gasteiger partial charge is 0.251 e. The number of nitrogens with zero attached hydrogens (tertiary/aromatic N) is 3. The van der Waals surface area contributed by atoms with Crippen molar-refractivity contribution in [1.82, 2.24) is 14.2 Å². The molecule has 1 aliphatic rings. The Bertz CT molecular complexity index is 586. The molecule has 10 heteroatoms. The minimum Gasteiger partial charge on any atom is -0.375 e. The van der Waals surface area contributed by atoms with E-state index in [1.165, 1.54) is 21.9 Å². The Morgan fingerprint density at radius 1 is 1.50 bits per heavy atom. The SMILES string of the molecule is CS(=O)(=O)N1CCC(N(Cc2cnc(N)s2)CC(F)F)CC1. The fourth-order valence-electron chi connectivity index (χ4n) is 2.65. The van der Waals surface area contributed by atoms with Gasteiger partial charge in [0, 0.05) is 36.8 Å². The molecule has 6 nitrogen and oxygen atoms in total. The average molecular weight is 354 g/mol. The Balaban J connectivity index is 2.00. The molecule has 2 heterocycles. The molecule has 0 amide bonds. The molecule has 0 spiro atoms. The monoisotopic (exact) mass is 354 g/mol. The van der Waals surface area contributed by atoms with E-state index in [0.717, 1.165) is 4.88 Å². The third kappa shape index (κ3) is 4.83. The lowest BCUT2D eigenvalue weighted by atomic mass is 10.0. The number of hydrogen-bond donors (Lipinski definition) is 1. The number of anilines is 1. The van der Waals surface area contributed by atoms with Gasteiger partial charge in [0.05, 0.1) is 12.8 Å². The Morgan fingerprint density at radius 3 is 2.59 bits per heavy atom. The van der Waals surface area contributed by atoms with Crippen molar-refractivity contribution in [3.8, 4) is 0 Å². The summed E-state index contributed by atoms with van der Waals surface area (Å²) in [4.78, 5) is 6.48. The zero-order valence-electron chi connectivity index (χ0n) is 12.3. The van der Waals surface area contributed by atoms with Gasteiger partial charge in [0.2, 0.25) is 10.0 Å². The maximum absolute atomic E-state index is 12.8. The van der Waals surface area contributed by atoms with Gasteiger partial charge >= 0.3 is 0 Å². The summed E-state index contributed by atoms with van der Waals surface area (Å²) >= 11 is 1.29. The molecule has 1 fully saturated rings. The molecule has 0 aromatic carbocycles. The summed E-state index contributed by atoms with van der Waals surface area (Å²) in [5.41, 5.74) is 5.57. The van der Waals surface area contributed by atoms with Crippen LogP contribution in [0.3, 0.4) is 0 Å². The first-order chi connectivity index (χ1) is 10.3. The van der Waals surface area contributed by atoms with Crippen LogP contribution in [0, 0.1) is 0 Å². The average Bonchev–Trinajstić information content (AvgIpc) is 2.82. The second-order valence-corrected chi connectivity index (χ2v) is 8.51. The Hall–Kier alpha value is -0.840. The molecule has 0 bridgehead atoms. The number of hydrogen-bond acceptors (Lipinski definition) is 6. The van der Waals surface area contributed by atoms with Crippen LogP contribution in [0.2, 0.25) is 0 Å². The maximum atomic E-state index is 12.8. The van der Waals surface area contributed by atoms with Gasteiger partial charge in [0.1, 0.15) is 0 Å². The van der Waals surface area contributed by atoms with Crippen LogP contribution in [0.15, 0.2) is 6.20 Å². The number of nitrogen functional groups attached to an aromatic ring is 1. The number of thiazole rings is 1. The highest BCUT2D eigenvalue weighted by Gasteiger charge is 2.30. The number of alkyl halides is 2. The highest BCUT2D eigenvalue weighted by atomic mass is 32.2. The van der Waals surface area contributed by atoms with Crippen LogP contribution < -0.4 is 5.73 Å². The maximum Gasteiger partial charge on any atom is 0.251 e. The summed E-state index contributed by atoms with van der Waals surface area (Å²) in [6, 6.07) is -0.0599. The molecular formula is C12H20F2N4O2S2. The largest absolute Gasteiger partial charge is 0.375 e. The number of nitrogens with two attached hydrogens (primary N) is 1. The van der Waals surface area contributed by atoms with Crippen molar-refractivity contribution in [2.75, 3.05) is 31.6 Å². The molecule has 0 radical (unpaired) electrons. The van der Waals surface area contributed by atoms with Crippen molar-refractivity contribution in [3.05, 3.63) is 11.1 Å². The van der Waals surface area contributed by atoms with Crippen LogP contribution in [0.25, 0.3) is 0 Å². The van der Waals surface area contributed by atoms with E-state index in [4.69, 9.17) is 5.73 Å². The van der Waals surface area contributed by atoms with E-state index in [-0.39, 0.29) is 12.6 Å². The molecule has 0 saturated carbocycles. The molecule has 1 aromatic heterocycles. The lowest BCUT2D eigenvalue weighted by molar-refractivity contribution is 0.0462. The van der Waals surface area contributed by atoms with Crippen molar-refractivity contribution in [2.24, 2.45) is 0 Å². The van der Waals surface area contributed by atoms with Gasteiger partial charge in [-0.2, -0.15) is 0 Å². The fraction of sp³-hybridized carbons (Fsp3) is 0.750. The zero-order chi connectivity index (χ0) is 16.3. The highest BCUT2D eigenvalue weighted by Crippen LogP contribution is 2.24. The van der Waals surface area contributed by atoms with Crippen molar-refractivity contribution in [2.45, 2.75) is 31.9 Å².